The molecule has 0 aliphatic rings. The van der Waals surface area contributed by atoms with Crippen LogP contribution < -0.4 is 16.4 Å². The summed E-state index contributed by atoms with van der Waals surface area (Å²) in [6.07, 6.45) is 1.79. The first-order chi connectivity index (χ1) is 9.99. The van der Waals surface area contributed by atoms with E-state index in [1.165, 1.54) is 4.90 Å². The summed E-state index contributed by atoms with van der Waals surface area (Å²) in [5.41, 5.74) is 8.62. The van der Waals surface area contributed by atoms with E-state index >= 15 is 0 Å². The van der Waals surface area contributed by atoms with E-state index in [1.54, 1.807) is 20.3 Å². The summed E-state index contributed by atoms with van der Waals surface area (Å²) in [6.45, 7) is 3.14. The molecule has 1 aromatic carbocycles. The second-order valence-corrected chi connectivity index (χ2v) is 5.13. The van der Waals surface area contributed by atoms with Gasteiger partial charge in [0, 0.05) is 61.2 Å². The first kappa shape index (κ1) is 14.9. The number of carbonyl (C=O) groups excluding carboxylic acids is 1. The van der Waals surface area contributed by atoms with Gasteiger partial charge in [-0.15, -0.1) is 0 Å². The average molecular weight is 287 g/mol. The van der Waals surface area contributed by atoms with Gasteiger partial charge in [0.15, 0.2) is 0 Å². The Morgan fingerprint density at radius 1 is 1.29 bits per heavy atom. The third-order valence-corrected chi connectivity index (χ3v) is 3.19. The lowest BCUT2D eigenvalue weighted by atomic mass is 10.1. The molecule has 4 N–H and O–H groups in total. The van der Waals surface area contributed by atoms with Crippen LogP contribution in [0.1, 0.15) is 5.69 Å². The number of hydrogen-bond acceptors (Lipinski definition) is 4. The van der Waals surface area contributed by atoms with Gasteiger partial charge in [-0.3, -0.25) is 4.98 Å². The highest BCUT2D eigenvalue weighted by molar-refractivity contribution is 6.00. The van der Waals surface area contributed by atoms with Crippen molar-refractivity contribution in [2.24, 2.45) is 0 Å². The van der Waals surface area contributed by atoms with Gasteiger partial charge < -0.3 is 21.3 Å². The Hall–Kier alpha value is -2.50. The van der Waals surface area contributed by atoms with E-state index < -0.39 is 0 Å². The van der Waals surface area contributed by atoms with Gasteiger partial charge in [-0.25, -0.2) is 4.79 Å². The molecule has 0 saturated carbocycles. The normalized spacial score (nSPS) is 10.4. The van der Waals surface area contributed by atoms with Gasteiger partial charge in [0.1, 0.15) is 0 Å². The summed E-state index contributed by atoms with van der Waals surface area (Å²) < 4.78 is 0. The number of amides is 2. The summed E-state index contributed by atoms with van der Waals surface area (Å²) in [7, 11) is 3.43. The molecule has 21 heavy (non-hydrogen) atoms. The van der Waals surface area contributed by atoms with Crippen LogP contribution in [0, 0.1) is 6.92 Å². The number of nitrogens with one attached hydrogen (secondary N) is 2. The number of nitrogens with zero attached hydrogens (tertiary/aromatic N) is 2. The molecular formula is C15H21N5O. The lowest BCUT2D eigenvalue weighted by Crippen LogP contribution is -2.37. The van der Waals surface area contributed by atoms with Crippen molar-refractivity contribution < 1.29 is 4.79 Å². The molecule has 0 bridgehead atoms. The van der Waals surface area contributed by atoms with E-state index in [0.29, 0.717) is 18.8 Å². The average Bonchev–Trinajstić information content (AvgIpc) is 2.45. The minimum absolute atomic E-state index is 0.0981. The van der Waals surface area contributed by atoms with Crippen LogP contribution >= 0.6 is 0 Å². The molecule has 0 aliphatic carbocycles. The molecule has 0 unspecified atom stereocenters. The molecule has 6 heteroatoms. The number of hydrogen-bond donors (Lipinski definition) is 3. The van der Waals surface area contributed by atoms with Crippen molar-refractivity contribution in [1.82, 2.24) is 15.2 Å². The Kier molecular flexibility index (Phi) is 4.47. The fraction of sp³-hybridized carbons (Fsp3) is 0.333. The maximum absolute atomic E-state index is 11.4. The predicted molar refractivity (Wildman–Crippen MR) is 86.5 cm³/mol. The fourth-order valence-electron chi connectivity index (χ4n) is 2.04. The topological polar surface area (TPSA) is 83.3 Å². The number of aryl methyl sites for hydroxylation is 1. The number of rotatable bonds is 4. The Bertz CT molecular complexity index is 654. The summed E-state index contributed by atoms with van der Waals surface area (Å²) in [6, 6.07) is 5.72. The SMILES string of the molecule is Cc1cc2c(NCCNC(=O)N(C)C)ccc(N)c2cn1. The maximum atomic E-state index is 11.4. The van der Waals surface area contributed by atoms with Crippen molar-refractivity contribution in [3.8, 4) is 0 Å². The van der Waals surface area contributed by atoms with Crippen LogP contribution in [0.5, 0.6) is 0 Å². The quantitative estimate of drug-likeness (QED) is 0.591. The molecule has 0 aliphatic heterocycles. The van der Waals surface area contributed by atoms with Crippen LogP contribution in [0.4, 0.5) is 16.2 Å². The van der Waals surface area contributed by atoms with Crippen molar-refractivity contribution in [2.75, 3.05) is 38.2 Å². The van der Waals surface area contributed by atoms with E-state index in [-0.39, 0.29) is 6.03 Å². The zero-order valence-electron chi connectivity index (χ0n) is 12.6. The molecule has 1 aromatic heterocycles. The summed E-state index contributed by atoms with van der Waals surface area (Å²) in [4.78, 5) is 17.2. The highest BCUT2D eigenvalue weighted by Gasteiger charge is 2.06. The number of benzene rings is 1. The van der Waals surface area contributed by atoms with E-state index in [2.05, 4.69) is 15.6 Å². The highest BCUT2D eigenvalue weighted by atomic mass is 16.2. The van der Waals surface area contributed by atoms with Gasteiger partial charge in [0.05, 0.1) is 0 Å². The zero-order valence-corrected chi connectivity index (χ0v) is 12.6. The standard InChI is InChI=1S/C15H21N5O/c1-10-8-11-12(9-19-10)13(16)4-5-14(11)17-6-7-18-15(21)20(2)3/h4-5,8-9,17H,6-7,16H2,1-3H3,(H,18,21). The summed E-state index contributed by atoms with van der Waals surface area (Å²) >= 11 is 0. The number of nitrogens with two attached hydrogens (primary N) is 1. The van der Waals surface area contributed by atoms with Crippen molar-refractivity contribution >= 4 is 28.2 Å². The van der Waals surface area contributed by atoms with E-state index in [0.717, 1.165) is 22.2 Å². The molecule has 112 valence electrons. The Morgan fingerprint density at radius 3 is 2.76 bits per heavy atom. The molecule has 0 atom stereocenters. The van der Waals surface area contributed by atoms with Crippen molar-refractivity contribution in [3.63, 3.8) is 0 Å². The van der Waals surface area contributed by atoms with Crippen molar-refractivity contribution in [1.29, 1.82) is 0 Å². The number of carbonyl (C=O) groups is 1. The van der Waals surface area contributed by atoms with Gasteiger partial charge in [-0.05, 0) is 25.1 Å². The lowest BCUT2D eigenvalue weighted by Gasteiger charge is -2.14. The van der Waals surface area contributed by atoms with Crippen LogP contribution in [0.2, 0.25) is 0 Å². The van der Waals surface area contributed by atoms with Crippen molar-refractivity contribution in [2.45, 2.75) is 6.92 Å². The van der Waals surface area contributed by atoms with Gasteiger partial charge in [-0.1, -0.05) is 0 Å². The second kappa shape index (κ2) is 6.30. The Labute approximate surface area is 124 Å². The molecule has 6 nitrogen and oxygen atoms in total. The molecule has 2 rings (SSSR count). The van der Waals surface area contributed by atoms with Crippen molar-refractivity contribution in [3.05, 3.63) is 30.1 Å². The van der Waals surface area contributed by atoms with Gasteiger partial charge in [0.2, 0.25) is 0 Å². The maximum Gasteiger partial charge on any atom is 0.316 e. The number of urea groups is 1. The minimum atomic E-state index is -0.0981. The molecular weight excluding hydrogens is 266 g/mol. The first-order valence-corrected chi connectivity index (χ1v) is 6.83. The third kappa shape index (κ3) is 3.53. The van der Waals surface area contributed by atoms with Gasteiger partial charge >= 0.3 is 6.03 Å². The molecule has 0 radical (unpaired) electrons. The first-order valence-electron chi connectivity index (χ1n) is 6.83. The van der Waals surface area contributed by atoms with Crippen LogP contribution in [-0.4, -0.2) is 43.1 Å². The Morgan fingerprint density at radius 2 is 2.05 bits per heavy atom. The lowest BCUT2D eigenvalue weighted by molar-refractivity contribution is 0.218. The molecule has 1 heterocycles. The van der Waals surface area contributed by atoms with Gasteiger partial charge in [-0.2, -0.15) is 0 Å². The van der Waals surface area contributed by atoms with Crippen LogP contribution in [0.25, 0.3) is 10.8 Å². The number of aromatic nitrogens is 1. The third-order valence-electron chi connectivity index (χ3n) is 3.19. The highest BCUT2D eigenvalue weighted by Crippen LogP contribution is 2.28. The molecule has 0 spiro atoms. The monoisotopic (exact) mass is 287 g/mol. The zero-order chi connectivity index (χ0) is 15.4. The number of fused-ring (bicyclic) bond motifs is 1. The fourth-order valence-corrected chi connectivity index (χ4v) is 2.04. The molecule has 0 saturated heterocycles. The minimum Gasteiger partial charge on any atom is -0.398 e. The number of nitrogen functional groups attached to an aromatic ring is 1. The summed E-state index contributed by atoms with van der Waals surface area (Å²) in [5.74, 6) is 0. The smallest absolute Gasteiger partial charge is 0.316 e. The Balaban J connectivity index is 2.07. The van der Waals surface area contributed by atoms with Crippen LogP contribution in [0.15, 0.2) is 24.4 Å². The number of pyridine rings is 1. The predicted octanol–water partition coefficient (Wildman–Crippen LogP) is 1.81. The second-order valence-electron chi connectivity index (χ2n) is 5.13. The molecule has 2 aromatic rings. The summed E-state index contributed by atoms with van der Waals surface area (Å²) in [5, 5.41) is 8.11. The molecule has 0 fully saturated rings. The van der Waals surface area contributed by atoms with E-state index in [4.69, 9.17) is 5.73 Å². The van der Waals surface area contributed by atoms with Gasteiger partial charge in [0.25, 0.3) is 0 Å². The van der Waals surface area contributed by atoms with E-state index in [9.17, 15) is 4.79 Å². The van der Waals surface area contributed by atoms with E-state index in [1.807, 2.05) is 25.1 Å². The van der Waals surface area contributed by atoms with Crippen LogP contribution in [-0.2, 0) is 0 Å². The largest absolute Gasteiger partial charge is 0.398 e. The number of anilines is 2. The molecule has 2 amide bonds. The van der Waals surface area contributed by atoms with Crippen LogP contribution in [0.3, 0.4) is 0 Å².